The molecule has 0 spiro atoms. The van der Waals surface area contributed by atoms with Gasteiger partial charge < -0.3 is 28.7 Å². The quantitative estimate of drug-likeness (QED) is 0.0551. The SMILES string of the molecule is CC/C=C\CCCCOC(CCC(=O)OCC(C)COC(=O)CCN1CCN(CC)CC1)OCCCC/C=C\CC. The molecule has 1 saturated heterocycles. The lowest BCUT2D eigenvalue weighted by Gasteiger charge is -2.33. The zero-order chi connectivity index (χ0) is 30.0. The van der Waals surface area contributed by atoms with Gasteiger partial charge in [0.1, 0.15) is 0 Å². The lowest BCUT2D eigenvalue weighted by molar-refractivity contribution is -0.160. The molecule has 0 aliphatic carbocycles. The Bertz CT molecular complexity index is 682. The summed E-state index contributed by atoms with van der Waals surface area (Å²) in [5.74, 6) is -0.523. The second kappa shape index (κ2) is 25.9. The molecule has 0 radical (unpaired) electrons. The molecule has 1 unspecified atom stereocenters. The minimum atomic E-state index is -0.400. The smallest absolute Gasteiger partial charge is 0.307 e. The molecule has 1 fully saturated rings. The maximum Gasteiger partial charge on any atom is 0.307 e. The Hall–Kier alpha value is -1.74. The van der Waals surface area contributed by atoms with Crippen molar-refractivity contribution in [2.45, 2.75) is 105 Å². The number of likely N-dealkylation sites (N-methyl/N-ethyl adjacent to an activating group) is 1. The van der Waals surface area contributed by atoms with Crippen LogP contribution in [-0.4, -0.2) is 93.7 Å². The van der Waals surface area contributed by atoms with E-state index in [1.54, 1.807) is 0 Å². The average molecular weight is 581 g/mol. The molecular formula is C33H60N2O6. The summed E-state index contributed by atoms with van der Waals surface area (Å²) in [7, 11) is 0. The highest BCUT2D eigenvalue weighted by Gasteiger charge is 2.18. The van der Waals surface area contributed by atoms with E-state index in [9.17, 15) is 9.59 Å². The summed E-state index contributed by atoms with van der Waals surface area (Å²) in [6.07, 6.45) is 17.9. The summed E-state index contributed by atoms with van der Waals surface area (Å²) >= 11 is 0. The first-order valence-electron chi connectivity index (χ1n) is 16.3. The molecule has 0 N–H and O–H groups in total. The maximum atomic E-state index is 12.4. The number of ether oxygens (including phenoxy) is 4. The Morgan fingerprint density at radius 2 is 1.22 bits per heavy atom. The highest BCUT2D eigenvalue weighted by molar-refractivity contribution is 5.70. The second-order valence-corrected chi connectivity index (χ2v) is 11.0. The van der Waals surface area contributed by atoms with Gasteiger partial charge in [-0.25, -0.2) is 0 Å². The summed E-state index contributed by atoms with van der Waals surface area (Å²) in [5.41, 5.74) is 0. The zero-order valence-corrected chi connectivity index (χ0v) is 26.7. The van der Waals surface area contributed by atoms with E-state index in [2.05, 4.69) is 54.9 Å². The molecule has 8 heteroatoms. The Morgan fingerprint density at radius 3 is 1.73 bits per heavy atom. The number of esters is 2. The minimum Gasteiger partial charge on any atom is -0.465 e. The first-order chi connectivity index (χ1) is 20.0. The van der Waals surface area contributed by atoms with Crippen molar-refractivity contribution in [3.05, 3.63) is 24.3 Å². The zero-order valence-electron chi connectivity index (χ0n) is 26.7. The number of rotatable bonds is 25. The highest BCUT2D eigenvalue weighted by Crippen LogP contribution is 2.11. The van der Waals surface area contributed by atoms with Crippen molar-refractivity contribution in [2.75, 3.05) is 65.7 Å². The summed E-state index contributed by atoms with van der Waals surface area (Å²) < 4.78 is 22.8. The van der Waals surface area contributed by atoms with Crippen LogP contribution in [0.25, 0.3) is 0 Å². The maximum absolute atomic E-state index is 12.4. The molecule has 0 aromatic heterocycles. The van der Waals surface area contributed by atoms with Gasteiger partial charge in [0.15, 0.2) is 6.29 Å². The van der Waals surface area contributed by atoms with E-state index in [4.69, 9.17) is 18.9 Å². The van der Waals surface area contributed by atoms with E-state index in [-0.39, 0.29) is 37.5 Å². The predicted molar refractivity (Wildman–Crippen MR) is 166 cm³/mol. The van der Waals surface area contributed by atoms with E-state index in [0.717, 1.165) is 90.6 Å². The number of unbranched alkanes of at least 4 members (excludes halogenated alkanes) is 4. The molecule has 41 heavy (non-hydrogen) atoms. The number of carbonyl (C=O) groups is 2. The molecule has 1 aliphatic rings. The molecule has 1 heterocycles. The standard InChI is InChI=1S/C33H60N2O6/c1-5-8-10-12-14-16-26-38-33(39-27-17-15-13-11-9-6-2)19-18-31(36)40-28-30(4)29-41-32(37)20-21-35-24-22-34(7-3)23-25-35/h8-11,30,33H,5-7,12-29H2,1-4H3/b10-8-,11-9-. The molecule has 0 amide bonds. The Labute approximate surface area is 250 Å². The van der Waals surface area contributed by atoms with Gasteiger partial charge in [0, 0.05) is 58.3 Å². The van der Waals surface area contributed by atoms with Crippen molar-refractivity contribution in [1.82, 2.24) is 9.80 Å². The van der Waals surface area contributed by atoms with E-state index in [1.165, 1.54) is 0 Å². The Morgan fingerprint density at radius 1 is 0.707 bits per heavy atom. The van der Waals surface area contributed by atoms with Crippen LogP contribution in [0, 0.1) is 5.92 Å². The topological polar surface area (TPSA) is 77.5 Å². The van der Waals surface area contributed by atoms with Gasteiger partial charge in [-0.1, -0.05) is 52.0 Å². The summed E-state index contributed by atoms with van der Waals surface area (Å²) in [6, 6.07) is 0. The van der Waals surface area contributed by atoms with Crippen molar-refractivity contribution < 1.29 is 28.5 Å². The fourth-order valence-electron chi connectivity index (χ4n) is 4.42. The molecule has 0 bridgehead atoms. The minimum absolute atomic E-state index is 0.0530. The number of piperazine rings is 1. The van der Waals surface area contributed by atoms with Crippen LogP contribution >= 0.6 is 0 Å². The molecular weight excluding hydrogens is 520 g/mol. The van der Waals surface area contributed by atoms with E-state index >= 15 is 0 Å². The number of nitrogens with zero attached hydrogens (tertiary/aromatic N) is 2. The van der Waals surface area contributed by atoms with Gasteiger partial charge in [0.2, 0.25) is 0 Å². The third-order valence-corrected chi connectivity index (χ3v) is 7.13. The van der Waals surface area contributed by atoms with Crippen molar-refractivity contribution in [1.29, 1.82) is 0 Å². The van der Waals surface area contributed by atoms with Gasteiger partial charge in [-0.3, -0.25) is 9.59 Å². The van der Waals surface area contributed by atoms with Crippen molar-refractivity contribution >= 4 is 11.9 Å². The molecule has 0 aromatic carbocycles. The van der Waals surface area contributed by atoms with Crippen LogP contribution in [-0.2, 0) is 28.5 Å². The molecule has 238 valence electrons. The number of hydrogen-bond acceptors (Lipinski definition) is 8. The largest absolute Gasteiger partial charge is 0.465 e. The third-order valence-electron chi connectivity index (χ3n) is 7.13. The lowest BCUT2D eigenvalue weighted by Crippen LogP contribution is -2.46. The van der Waals surface area contributed by atoms with Crippen LogP contribution in [0.3, 0.4) is 0 Å². The second-order valence-electron chi connectivity index (χ2n) is 11.0. The summed E-state index contributed by atoms with van der Waals surface area (Å²) in [4.78, 5) is 29.3. The number of carbonyl (C=O) groups excluding carboxylic acids is 2. The normalized spacial score (nSPS) is 15.7. The van der Waals surface area contributed by atoms with E-state index in [0.29, 0.717) is 26.1 Å². The van der Waals surface area contributed by atoms with Gasteiger partial charge in [0.05, 0.1) is 26.1 Å². The lowest BCUT2D eigenvalue weighted by atomic mass is 10.2. The third kappa shape index (κ3) is 21.6. The first kappa shape index (κ1) is 37.3. The number of allylic oxidation sites excluding steroid dienone is 4. The van der Waals surface area contributed by atoms with Gasteiger partial charge in [0.25, 0.3) is 0 Å². The van der Waals surface area contributed by atoms with Crippen LogP contribution in [0.4, 0.5) is 0 Å². The predicted octanol–water partition coefficient (Wildman–Crippen LogP) is 6.15. The fourth-order valence-corrected chi connectivity index (χ4v) is 4.42. The molecule has 0 aromatic rings. The van der Waals surface area contributed by atoms with Crippen LogP contribution in [0.1, 0.15) is 98.3 Å². The summed E-state index contributed by atoms with van der Waals surface area (Å²) in [6.45, 7) is 16.0. The highest BCUT2D eigenvalue weighted by atomic mass is 16.7. The van der Waals surface area contributed by atoms with Gasteiger partial charge in [-0.05, 0) is 57.9 Å². The average Bonchev–Trinajstić information content (AvgIpc) is 2.99. The van der Waals surface area contributed by atoms with Gasteiger partial charge >= 0.3 is 11.9 Å². The summed E-state index contributed by atoms with van der Waals surface area (Å²) in [5, 5.41) is 0. The molecule has 0 saturated carbocycles. The van der Waals surface area contributed by atoms with Crippen LogP contribution in [0.15, 0.2) is 24.3 Å². The molecule has 1 atom stereocenters. The molecule has 1 aliphatic heterocycles. The van der Waals surface area contributed by atoms with Crippen molar-refractivity contribution in [3.8, 4) is 0 Å². The number of hydrogen-bond donors (Lipinski definition) is 0. The monoisotopic (exact) mass is 580 g/mol. The molecule has 1 rings (SSSR count). The Kier molecular flexibility index (Phi) is 23.6. The van der Waals surface area contributed by atoms with Crippen LogP contribution < -0.4 is 0 Å². The van der Waals surface area contributed by atoms with Crippen molar-refractivity contribution in [3.63, 3.8) is 0 Å². The van der Waals surface area contributed by atoms with E-state index in [1.807, 2.05) is 6.92 Å². The van der Waals surface area contributed by atoms with Crippen LogP contribution in [0.2, 0.25) is 0 Å². The Balaban J connectivity index is 2.24. The first-order valence-corrected chi connectivity index (χ1v) is 16.3. The van der Waals surface area contributed by atoms with Gasteiger partial charge in [-0.2, -0.15) is 0 Å². The fraction of sp³-hybridized carbons (Fsp3) is 0.818. The van der Waals surface area contributed by atoms with Crippen LogP contribution in [0.5, 0.6) is 0 Å². The van der Waals surface area contributed by atoms with E-state index < -0.39 is 6.29 Å². The van der Waals surface area contributed by atoms with Gasteiger partial charge in [-0.15, -0.1) is 0 Å². The molecule has 8 nitrogen and oxygen atoms in total. The van der Waals surface area contributed by atoms with Crippen molar-refractivity contribution in [2.24, 2.45) is 5.92 Å².